The third kappa shape index (κ3) is 4.63. The van der Waals surface area contributed by atoms with E-state index in [1.165, 1.54) is 12.1 Å². The zero-order chi connectivity index (χ0) is 23.7. The molecule has 2 aromatic heterocycles. The SMILES string of the molecule is Cn1c(SCCCN2C[C@@H]3CCN(c4ccccc4C(F)(F)F)[C@@H]3C2)nnc1-c1cnccn1. The molecule has 7 nitrogen and oxygen atoms in total. The van der Waals surface area contributed by atoms with Crippen molar-refractivity contribution in [3.63, 3.8) is 0 Å². The van der Waals surface area contributed by atoms with Crippen molar-refractivity contribution < 1.29 is 13.2 Å². The molecule has 0 bridgehead atoms. The molecule has 2 aliphatic rings. The van der Waals surface area contributed by atoms with E-state index >= 15 is 0 Å². The van der Waals surface area contributed by atoms with Crippen LogP contribution in [0.25, 0.3) is 11.5 Å². The first-order valence-electron chi connectivity index (χ1n) is 11.4. The first-order valence-corrected chi connectivity index (χ1v) is 12.3. The Labute approximate surface area is 200 Å². The number of alkyl halides is 3. The van der Waals surface area contributed by atoms with Gasteiger partial charge >= 0.3 is 6.18 Å². The van der Waals surface area contributed by atoms with E-state index < -0.39 is 11.7 Å². The number of hydrogen-bond donors (Lipinski definition) is 0. The maximum absolute atomic E-state index is 13.5. The van der Waals surface area contributed by atoms with E-state index in [2.05, 4.69) is 25.1 Å². The van der Waals surface area contributed by atoms with Crippen LogP contribution in [0.5, 0.6) is 0 Å². The highest BCUT2D eigenvalue weighted by molar-refractivity contribution is 7.99. The number of nitrogens with zero attached hydrogens (tertiary/aromatic N) is 7. The van der Waals surface area contributed by atoms with E-state index in [1.54, 1.807) is 42.5 Å². The van der Waals surface area contributed by atoms with E-state index in [0.29, 0.717) is 29.7 Å². The number of benzene rings is 1. The van der Waals surface area contributed by atoms with Crippen LogP contribution in [0.4, 0.5) is 18.9 Å². The molecule has 0 aliphatic carbocycles. The Morgan fingerprint density at radius 2 is 1.97 bits per heavy atom. The molecule has 2 aliphatic heterocycles. The van der Waals surface area contributed by atoms with Gasteiger partial charge in [-0.25, -0.2) is 4.98 Å². The van der Waals surface area contributed by atoms with Crippen molar-refractivity contribution in [2.75, 3.05) is 36.8 Å². The van der Waals surface area contributed by atoms with Gasteiger partial charge in [-0.05, 0) is 37.4 Å². The standard InChI is InChI=1S/C23H26F3N7S/c1-31-21(18-13-27-8-9-28-18)29-30-22(31)34-12-4-10-32-14-16-7-11-33(20(16)15-32)19-6-3-2-5-17(19)23(24,25)26/h2-3,5-6,8-9,13,16,20H,4,7,10-12,14-15H2,1H3/t16-,20+/m0/s1. The van der Waals surface area contributed by atoms with Crippen molar-refractivity contribution in [3.05, 3.63) is 48.4 Å². The van der Waals surface area contributed by atoms with Gasteiger partial charge in [0.1, 0.15) is 5.69 Å². The fourth-order valence-corrected chi connectivity index (χ4v) is 5.86. The minimum absolute atomic E-state index is 0.143. The largest absolute Gasteiger partial charge is 0.418 e. The molecule has 2 atom stereocenters. The quantitative estimate of drug-likeness (QED) is 0.367. The number of likely N-dealkylation sites (tertiary alicyclic amines) is 1. The highest BCUT2D eigenvalue weighted by atomic mass is 32.2. The Hall–Kier alpha value is -2.66. The van der Waals surface area contributed by atoms with Crippen LogP contribution >= 0.6 is 11.8 Å². The van der Waals surface area contributed by atoms with Gasteiger partial charge in [0.05, 0.1) is 11.8 Å². The lowest BCUT2D eigenvalue weighted by molar-refractivity contribution is -0.137. The second kappa shape index (κ2) is 9.53. The minimum Gasteiger partial charge on any atom is -0.366 e. The van der Waals surface area contributed by atoms with Crippen LogP contribution in [0, 0.1) is 5.92 Å². The number of halogens is 3. The van der Waals surface area contributed by atoms with Crippen molar-refractivity contribution in [2.24, 2.45) is 13.0 Å². The van der Waals surface area contributed by atoms with Crippen molar-refractivity contribution in [3.8, 4) is 11.5 Å². The summed E-state index contributed by atoms with van der Waals surface area (Å²) in [5.41, 5.74) is 0.473. The lowest BCUT2D eigenvalue weighted by Crippen LogP contribution is -2.36. The molecule has 0 amide bonds. The Bertz CT molecular complexity index is 1120. The monoisotopic (exact) mass is 489 g/mol. The van der Waals surface area contributed by atoms with E-state index in [9.17, 15) is 13.2 Å². The molecule has 11 heteroatoms. The topological polar surface area (TPSA) is 63.0 Å². The predicted octanol–water partition coefficient (Wildman–Crippen LogP) is 3.98. The molecule has 3 aromatic rings. The average molecular weight is 490 g/mol. The normalized spacial score (nSPS) is 20.8. The molecule has 2 saturated heterocycles. The molecule has 0 unspecified atom stereocenters. The molecular weight excluding hydrogens is 463 g/mol. The number of para-hydroxylation sites is 1. The molecule has 2 fully saturated rings. The van der Waals surface area contributed by atoms with Crippen molar-refractivity contribution >= 4 is 17.4 Å². The zero-order valence-corrected chi connectivity index (χ0v) is 19.6. The highest BCUT2D eigenvalue weighted by Crippen LogP contribution is 2.41. The molecule has 5 rings (SSSR count). The first-order chi connectivity index (χ1) is 16.4. The van der Waals surface area contributed by atoms with Gasteiger partial charge in [-0.1, -0.05) is 23.9 Å². The average Bonchev–Trinajstić information content (AvgIpc) is 3.51. The second-order valence-corrected chi connectivity index (χ2v) is 9.80. The van der Waals surface area contributed by atoms with Crippen molar-refractivity contribution in [2.45, 2.75) is 30.2 Å². The Morgan fingerprint density at radius 3 is 2.76 bits per heavy atom. The number of aromatic nitrogens is 5. The summed E-state index contributed by atoms with van der Waals surface area (Å²) in [5, 5.41) is 9.34. The lowest BCUT2D eigenvalue weighted by atomic mass is 10.0. The van der Waals surface area contributed by atoms with Gasteiger partial charge in [0, 0.05) is 56.6 Å². The fraction of sp³-hybridized carbons (Fsp3) is 0.478. The molecule has 0 N–H and O–H groups in total. The molecule has 0 radical (unpaired) electrons. The van der Waals surface area contributed by atoms with Gasteiger partial charge in [0.15, 0.2) is 11.0 Å². The van der Waals surface area contributed by atoms with Crippen LogP contribution in [0.2, 0.25) is 0 Å². The van der Waals surface area contributed by atoms with Crippen molar-refractivity contribution in [1.82, 2.24) is 29.6 Å². The van der Waals surface area contributed by atoms with E-state index in [-0.39, 0.29) is 6.04 Å². The van der Waals surface area contributed by atoms with Gasteiger partial charge in [-0.2, -0.15) is 13.2 Å². The van der Waals surface area contributed by atoms with Crippen LogP contribution in [0.3, 0.4) is 0 Å². The lowest BCUT2D eigenvalue weighted by Gasteiger charge is -2.29. The van der Waals surface area contributed by atoms with Gasteiger partial charge in [-0.3, -0.25) is 4.98 Å². The van der Waals surface area contributed by atoms with Gasteiger partial charge in [0.2, 0.25) is 0 Å². The third-order valence-corrected chi connectivity index (χ3v) is 7.73. The first kappa shape index (κ1) is 23.1. The number of rotatable bonds is 7. The van der Waals surface area contributed by atoms with Crippen LogP contribution in [-0.4, -0.2) is 67.6 Å². The molecular formula is C23H26F3N7S. The van der Waals surface area contributed by atoms with E-state index in [0.717, 1.165) is 43.4 Å². The highest BCUT2D eigenvalue weighted by Gasteiger charge is 2.44. The van der Waals surface area contributed by atoms with Crippen LogP contribution < -0.4 is 4.90 Å². The van der Waals surface area contributed by atoms with Crippen LogP contribution in [0.15, 0.2) is 48.0 Å². The van der Waals surface area contributed by atoms with E-state index in [1.807, 2.05) is 16.5 Å². The fourth-order valence-electron chi connectivity index (χ4n) is 5.02. The van der Waals surface area contributed by atoms with Crippen LogP contribution in [-0.2, 0) is 13.2 Å². The number of fused-ring (bicyclic) bond motifs is 1. The second-order valence-electron chi connectivity index (χ2n) is 8.74. The molecule has 34 heavy (non-hydrogen) atoms. The summed E-state index contributed by atoms with van der Waals surface area (Å²) in [6.45, 7) is 3.36. The summed E-state index contributed by atoms with van der Waals surface area (Å²) >= 11 is 1.65. The minimum atomic E-state index is -4.34. The predicted molar refractivity (Wildman–Crippen MR) is 124 cm³/mol. The number of thioether (sulfide) groups is 1. The molecule has 180 valence electrons. The third-order valence-electron chi connectivity index (χ3n) is 6.62. The summed E-state index contributed by atoms with van der Waals surface area (Å²) in [5.74, 6) is 1.99. The number of anilines is 1. The van der Waals surface area contributed by atoms with E-state index in [4.69, 9.17) is 0 Å². The van der Waals surface area contributed by atoms with Gasteiger partial charge < -0.3 is 14.4 Å². The molecule has 0 spiro atoms. The Morgan fingerprint density at radius 1 is 1.12 bits per heavy atom. The summed E-state index contributed by atoms with van der Waals surface area (Å²) in [6.07, 6.45) is 2.49. The maximum atomic E-state index is 13.5. The maximum Gasteiger partial charge on any atom is 0.418 e. The number of hydrogen-bond acceptors (Lipinski definition) is 7. The Kier molecular flexibility index (Phi) is 6.48. The molecule has 1 aromatic carbocycles. The summed E-state index contributed by atoms with van der Waals surface area (Å²) in [6, 6.07) is 6.11. The molecule has 0 saturated carbocycles. The molecule has 4 heterocycles. The van der Waals surface area contributed by atoms with Crippen LogP contribution in [0.1, 0.15) is 18.4 Å². The summed E-state index contributed by atoms with van der Waals surface area (Å²) in [7, 11) is 1.92. The smallest absolute Gasteiger partial charge is 0.366 e. The summed E-state index contributed by atoms with van der Waals surface area (Å²) in [4.78, 5) is 12.7. The van der Waals surface area contributed by atoms with Crippen molar-refractivity contribution in [1.29, 1.82) is 0 Å². The Balaban J connectivity index is 1.15. The van der Waals surface area contributed by atoms with Gasteiger partial charge in [-0.15, -0.1) is 10.2 Å². The zero-order valence-electron chi connectivity index (χ0n) is 18.8. The summed E-state index contributed by atoms with van der Waals surface area (Å²) < 4.78 is 42.5. The van der Waals surface area contributed by atoms with Gasteiger partial charge in [0.25, 0.3) is 0 Å².